The van der Waals surface area contributed by atoms with Gasteiger partial charge in [0.25, 0.3) is 5.91 Å². The van der Waals surface area contributed by atoms with Gasteiger partial charge in [0.05, 0.1) is 6.61 Å². The van der Waals surface area contributed by atoms with Gasteiger partial charge in [-0.15, -0.1) is 0 Å². The maximum atomic E-state index is 14.9. The fourth-order valence-electron chi connectivity index (χ4n) is 3.83. The highest BCUT2D eigenvalue weighted by Crippen LogP contribution is 2.52. The van der Waals surface area contributed by atoms with E-state index in [0.717, 1.165) is 23.4 Å². The SMILES string of the molecule is CC.Cc1ccc(C(=O)Nc2ccc(F)c(C34COC(C(F)(F)F)C3CSC(N)=N4)c2)nc1. The van der Waals surface area contributed by atoms with E-state index in [1.54, 1.807) is 6.07 Å². The number of aliphatic imine (C=N–C) groups is 1. The number of nitrogens with one attached hydrogen (secondary N) is 1. The molecule has 33 heavy (non-hydrogen) atoms. The van der Waals surface area contributed by atoms with E-state index < -0.39 is 42.1 Å². The number of alkyl halides is 3. The second-order valence-corrected chi connectivity index (χ2v) is 8.47. The summed E-state index contributed by atoms with van der Waals surface area (Å²) in [7, 11) is 0. The Hall–Kier alpha value is -2.66. The van der Waals surface area contributed by atoms with E-state index in [1.165, 1.54) is 24.4 Å². The first-order valence-corrected chi connectivity index (χ1v) is 11.3. The standard InChI is InChI=1S/C20H18F4N4O2S.C2H6/c1-10-2-5-15(26-7-10)17(29)27-11-3-4-14(21)12(6-11)19-9-30-16(20(22,23)24)13(19)8-31-18(25)28-19;1-2/h2-7,13,16H,8-9H2,1H3,(H2,25,28)(H,27,29);1-2H3. The summed E-state index contributed by atoms with van der Waals surface area (Å²) in [6.07, 6.45) is -5.20. The number of pyridine rings is 1. The summed E-state index contributed by atoms with van der Waals surface area (Å²) < 4.78 is 60.5. The quantitative estimate of drug-likeness (QED) is 0.620. The lowest BCUT2D eigenvalue weighted by Gasteiger charge is -2.36. The van der Waals surface area contributed by atoms with Crippen LogP contribution in [0.2, 0.25) is 0 Å². The number of aromatic nitrogens is 1. The molecule has 3 heterocycles. The van der Waals surface area contributed by atoms with Crippen molar-refractivity contribution < 1.29 is 27.1 Å². The molecule has 0 spiro atoms. The Balaban J connectivity index is 0.00000149. The minimum atomic E-state index is -4.63. The van der Waals surface area contributed by atoms with Crippen molar-refractivity contribution in [3.8, 4) is 0 Å². The zero-order valence-corrected chi connectivity index (χ0v) is 19.1. The van der Waals surface area contributed by atoms with Gasteiger partial charge in [-0.3, -0.25) is 9.78 Å². The number of fused-ring (bicyclic) bond motifs is 1. The lowest BCUT2D eigenvalue weighted by Crippen LogP contribution is -2.46. The molecule has 1 fully saturated rings. The molecule has 2 aliphatic heterocycles. The average Bonchev–Trinajstić information content (AvgIpc) is 3.17. The summed E-state index contributed by atoms with van der Waals surface area (Å²) in [5, 5.41) is 2.65. The molecule has 3 N–H and O–H groups in total. The first kappa shape index (κ1) is 25.0. The highest BCUT2D eigenvalue weighted by molar-refractivity contribution is 8.13. The maximum absolute atomic E-state index is 14.9. The molecule has 1 aromatic carbocycles. The molecule has 6 nitrogen and oxygen atoms in total. The smallest absolute Gasteiger partial charge is 0.379 e. The molecule has 1 aromatic heterocycles. The highest BCUT2D eigenvalue weighted by Gasteiger charge is 2.62. The number of amidine groups is 1. The van der Waals surface area contributed by atoms with Crippen molar-refractivity contribution >= 4 is 28.5 Å². The second-order valence-electron chi connectivity index (χ2n) is 7.43. The number of hydrogen-bond acceptors (Lipinski definition) is 6. The number of thioether (sulfide) groups is 1. The largest absolute Gasteiger partial charge is 0.415 e. The number of nitrogens with zero attached hydrogens (tertiary/aromatic N) is 2. The zero-order chi connectivity index (χ0) is 24.4. The summed E-state index contributed by atoms with van der Waals surface area (Å²) >= 11 is 0.974. The van der Waals surface area contributed by atoms with Gasteiger partial charge in [0.2, 0.25) is 0 Å². The van der Waals surface area contributed by atoms with Crippen LogP contribution in [-0.4, -0.2) is 40.7 Å². The zero-order valence-electron chi connectivity index (χ0n) is 18.2. The number of carbonyl (C=O) groups excluding carboxylic acids is 1. The van der Waals surface area contributed by atoms with Gasteiger partial charge in [0.1, 0.15) is 17.1 Å². The van der Waals surface area contributed by atoms with Crippen molar-refractivity contribution in [2.75, 3.05) is 17.7 Å². The number of nitrogens with two attached hydrogens (primary N) is 1. The molecule has 1 saturated heterocycles. The van der Waals surface area contributed by atoms with Crippen LogP contribution in [0.5, 0.6) is 0 Å². The molecular formula is C22H24F4N4O2S. The van der Waals surface area contributed by atoms with Crippen LogP contribution in [0.1, 0.15) is 35.5 Å². The van der Waals surface area contributed by atoms with Crippen LogP contribution in [0.25, 0.3) is 0 Å². The van der Waals surface area contributed by atoms with E-state index in [1.807, 2.05) is 20.8 Å². The Labute approximate surface area is 193 Å². The fraction of sp³-hybridized carbons (Fsp3) is 0.409. The Kier molecular flexibility index (Phi) is 7.32. The lowest BCUT2D eigenvalue weighted by atomic mass is 9.78. The molecule has 1 amide bonds. The van der Waals surface area contributed by atoms with Crippen LogP contribution in [0.4, 0.5) is 23.2 Å². The Bertz CT molecular complexity index is 1050. The molecule has 0 saturated carbocycles. The highest BCUT2D eigenvalue weighted by atomic mass is 32.2. The normalized spacial score (nSPS) is 24.3. The third-order valence-electron chi connectivity index (χ3n) is 5.34. The van der Waals surface area contributed by atoms with E-state index in [2.05, 4.69) is 15.3 Å². The monoisotopic (exact) mass is 484 g/mol. The van der Waals surface area contributed by atoms with E-state index in [-0.39, 0.29) is 27.9 Å². The minimum Gasteiger partial charge on any atom is -0.379 e. The van der Waals surface area contributed by atoms with Crippen LogP contribution in [0.3, 0.4) is 0 Å². The van der Waals surface area contributed by atoms with E-state index >= 15 is 0 Å². The third kappa shape index (κ3) is 4.98. The Morgan fingerprint density at radius 2 is 2.00 bits per heavy atom. The Morgan fingerprint density at radius 3 is 2.64 bits per heavy atom. The molecule has 11 heteroatoms. The minimum absolute atomic E-state index is 0.0250. The maximum Gasteiger partial charge on any atom is 0.415 e. The third-order valence-corrected chi connectivity index (χ3v) is 6.25. The number of aryl methyl sites for hydroxylation is 1. The number of rotatable bonds is 3. The summed E-state index contributed by atoms with van der Waals surface area (Å²) in [5.41, 5.74) is 5.26. The van der Waals surface area contributed by atoms with Crippen LogP contribution in [-0.2, 0) is 10.3 Å². The Morgan fingerprint density at radius 1 is 1.27 bits per heavy atom. The van der Waals surface area contributed by atoms with Gasteiger partial charge in [-0.05, 0) is 36.8 Å². The molecule has 2 aliphatic rings. The van der Waals surface area contributed by atoms with Crippen LogP contribution in [0.15, 0.2) is 41.5 Å². The molecule has 178 valence electrons. The molecule has 2 aromatic rings. The number of amides is 1. The lowest BCUT2D eigenvalue weighted by molar-refractivity contribution is -0.215. The molecule has 0 aliphatic carbocycles. The topological polar surface area (TPSA) is 89.6 Å². The van der Waals surface area contributed by atoms with Crippen molar-refractivity contribution in [2.24, 2.45) is 16.6 Å². The number of halogens is 4. The number of carbonyl (C=O) groups is 1. The summed E-state index contributed by atoms with van der Waals surface area (Å²) in [4.78, 5) is 20.7. The molecule has 3 atom stereocenters. The van der Waals surface area contributed by atoms with Gasteiger partial charge >= 0.3 is 6.18 Å². The van der Waals surface area contributed by atoms with E-state index in [9.17, 15) is 22.4 Å². The van der Waals surface area contributed by atoms with Crippen molar-refractivity contribution in [2.45, 2.75) is 38.6 Å². The van der Waals surface area contributed by atoms with E-state index in [4.69, 9.17) is 10.5 Å². The van der Waals surface area contributed by atoms with Crippen molar-refractivity contribution in [1.82, 2.24) is 4.98 Å². The van der Waals surface area contributed by atoms with Crippen LogP contribution in [0, 0.1) is 18.7 Å². The van der Waals surface area contributed by atoms with Gasteiger partial charge in [0.15, 0.2) is 11.3 Å². The van der Waals surface area contributed by atoms with Crippen molar-refractivity contribution in [3.05, 3.63) is 59.2 Å². The van der Waals surface area contributed by atoms with Crippen LogP contribution < -0.4 is 11.1 Å². The molecule has 3 unspecified atom stereocenters. The molecule has 0 bridgehead atoms. The van der Waals surface area contributed by atoms with Gasteiger partial charge in [-0.25, -0.2) is 9.38 Å². The fourth-order valence-corrected chi connectivity index (χ4v) is 4.86. The number of benzene rings is 1. The van der Waals surface area contributed by atoms with Gasteiger partial charge < -0.3 is 15.8 Å². The predicted molar refractivity (Wildman–Crippen MR) is 120 cm³/mol. The van der Waals surface area contributed by atoms with Crippen molar-refractivity contribution in [1.29, 1.82) is 0 Å². The summed E-state index contributed by atoms with van der Waals surface area (Å²) in [6, 6.07) is 6.92. The average molecular weight is 485 g/mol. The van der Waals surface area contributed by atoms with E-state index in [0.29, 0.717) is 0 Å². The van der Waals surface area contributed by atoms with Gasteiger partial charge in [-0.1, -0.05) is 31.7 Å². The van der Waals surface area contributed by atoms with Crippen molar-refractivity contribution in [3.63, 3.8) is 0 Å². The second kappa shape index (κ2) is 9.68. The first-order valence-electron chi connectivity index (χ1n) is 10.3. The summed E-state index contributed by atoms with van der Waals surface area (Å²) in [6.45, 7) is 5.35. The molecule has 0 radical (unpaired) electrons. The van der Waals surface area contributed by atoms with Gasteiger partial charge in [-0.2, -0.15) is 13.2 Å². The number of ether oxygens (including phenoxy) is 1. The first-order chi connectivity index (χ1) is 15.6. The van der Waals surface area contributed by atoms with Gasteiger partial charge in [0, 0.05) is 29.1 Å². The number of hydrogen-bond donors (Lipinski definition) is 2. The number of anilines is 1. The predicted octanol–water partition coefficient (Wildman–Crippen LogP) is 4.64. The van der Waals surface area contributed by atoms with Crippen LogP contribution >= 0.6 is 11.8 Å². The summed E-state index contributed by atoms with van der Waals surface area (Å²) in [5.74, 6) is -2.48. The molecule has 4 rings (SSSR count). The molecular weight excluding hydrogens is 460 g/mol.